The maximum absolute atomic E-state index is 11.7. The van der Waals surface area contributed by atoms with Crippen molar-refractivity contribution in [1.29, 1.82) is 0 Å². The molecule has 1 unspecified atom stereocenters. The van der Waals surface area contributed by atoms with Crippen LogP contribution in [0.15, 0.2) is 52.9 Å². The van der Waals surface area contributed by atoms with Gasteiger partial charge in [0.2, 0.25) is 0 Å². The molecule has 1 N–H and O–H groups in total. The van der Waals surface area contributed by atoms with Crippen LogP contribution in [0.3, 0.4) is 0 Å². The van der Waals surface area contributed by atoms with E-state index in [1.165, 1.54) is 0 Å². The van der Waals surface area contributed by atoms with Crippen LogP contribution in [0.2, 0.25) is 0 Å². The van der Waals surface area contributed by atoms with E-state index in [9.17, 15) is 9.90 Å². The molecule has 0 amide bonds. The number of carbonyl (C=O) groups is 1. The van der Waals surface area contributed by atoms with Gasteiger partial charge in [-0.3, -0.25) is 4.79 Å². The Bertz CT molecular complexity index is 941. The van der Waals surface area contributed by atoms with Crippen molar-refractivity contribution in [3.8, 4) is 5.75 Å². The largest absolute Gasteiger partial charge is 0.491 e. The van der Waals surface area contributed by atoms with Gasteiger partial charge in [0.1, 0.15) is 24.0 Å². The average Bonchev–Trinajstić information content (AvgIpc) is 3.22. The zero-order chi connectivity index (χ0) is 20.9. The van der Waals surface area contributed by atoms with Gasteiger partial charge in [-0.15, -0.1) is 0 Å². The average molecular weight is 408 g/mol. The second-order valence-corrected chi connectivity index (χ2v) is 7.86. The van der Waals surface area contributed by atoms with Crippen LogP contribution in [0.25, 0.3) is 11.1 Å². The molecule has 3 aromatic rings. The van der Waals surface area contributed by atoms with Gasteiger partial charge in [-0.25, -0.2) is 4.98 Å². The molecular weight excluding hydrogens is 380 g/mol. The van der Waals surface area contributed by atoms with Crippen LogP contribution in [0.5, 0.6) is 5.75 Å². The number of benzene rings is 2. The number of β-amino-alcohol motifs (C(OH)–C–C–N with tert-alkyl or cyclic N) is 1. The first-order valence-corrected chi connectivity index (χ1v) is 10.6. The summed E-state index contributed by atoms with van der Waals surface area (Å²) in [6.45, 7) is 4.44. The van der Waals surface area contributed by atoms with E-state index in [0.29, 0.717) is 30.2 Å². The predicted octanol–water partition coefficient (Wildman–Crippen LogP) is 4.04. The van der Waals surface area contributed by atoms with Crippen LogP contribution < -0.4 is 4.74 Å². The zero-order valence-electron chi connectivity index (χ0n) is 17.3. The van der Waals surface area contributed by atoms with Crippen LogP contribution in [-0.4, -0.2) is 53.1 Å². The van der Waals surface area contributed by atoms with E-state index in [1.807, 2.05) is 31.2 Å². The summed E-state index contributed by atoms with van der Waals surface area (Å²) < 4.78 is 11.6. The first-order valence-electron chi connectivity index (χ1n) is 10.6. The van der Waals surface area contributed by atoms with Crippen molar-refractivity contribution in [2.24, 2.45) is 0 Å². The molecule has 30 heavy (non-hydrogen) atoms. The Balaban J connectivity index is 1.22. The lowest BCUT2D eigenvalue weighted by Gasteiger charge is -2.31. The highest BCUT2D eigenvalue weighted by Crippen LogP contribution is 2.29. The molecule has 158 valence electrons. The summed E-state index contributed by atoms with van der Waals surface area (Å²) in [5, 5.41) is 10.4. The molecule has 4 rings (SSSR count). The molecule has 0 radical (unpaired) electrons. The standard InChI is InChI=1S/C24H28N2O4/c1-2-22(28)17-7-9-20(10-8-17)29-16-19(27)15-26-13-11-18(12-14-26)24-25-21-5-3-4-6-23(21)30-24/h3-10,18-19,27H,2,11-16H2,1H3. The third-order valence-electron chi connectivity index (χ3n) is 5.66. The number of aliphatic hydroxyl groups excluding tert-OH is 1. The third kappa shape index (κ3) is 4.89. The first kappa shape index (κ1) is 20.6. The maximum atomic E-state index is 11.7. The van der Waals surface area contributed by atoms with E-state index in [0.717, 1.165) is 42.9 Å². The van der Waals surface area contributed by atoms with Gasteiger partial charge in [0, 0.05) is 24.4 Å². The van der Waals surface area contributed by atoms with E-state index in [2.05, 4.69) is 9.88 Å². The summed E-state index contributed by atoms with van der Waals surface area (Å²) in [5.41, 5.74) is 2.44. The Morgan fingerprint density at radius 2 is 1.93 bits per heavy atom. The minimum atomic E-state index is -0.567. The van der Waals surface area contributed by atoms with Gasteiger partial charge in [-0.05, 0) is 62.3 Å². The molecular formula is C24H28N2O4. The summed E-state index contributed by atoms with van der Waals surface area (Å²) in [4.78, 5) is 18.6. The summed E-state index contributed by atoms with van der Waals surface area (Å²) in [6, 6.07) is 15.0. The lowest BCUT2D eigenvalue weighted by molar-refractivity contribution is 0.0583. The van der Waals surface area contributed by atoms with E-state index >= 15 is 0 Å². The number of ketones is 1. The number of oxazole rings is 1. The van der Waals surface area contributed by atoms with Crippen molar-refractivity contribution in [1.82, 2.24) is 9.88 Å². The van der Waals surface area contributed by atoms with Crippen molar-refractivity contribution in [3.05, 3.63) is 60.0 Å². The van der Waals surface area contributed by atoms with Crippen LogP contribution >= 0.6 is 0 Å². The minimum absolute atomic E-state index is 0.114. The van der Waals surface area contributed by atoms with Gasteiger partial charge < -0.3 is 19.2 Å². The van der Waals surface area contributed by atoms with Crippen molar-refractivity contribution < 1.29 is 19.1 Å². The molecule has 0 bridgehead atoms. The normalized spacial score (nSPS) is 16.6. The van der Waals surface area contributed by atoms with Crippen molar-refractivity contribution in [2.45, 2.75) is 38.2 Å². The van der Waals surface area contributed by atoms with Crippen LogP contribution in [0.1, 0.15) is 48.4 Å². The van der Waals surface area contributed by atoms with Crippen molar-refractivity contribution >= 4 is 16.9 Å². The maximum Gasteiger partial charge on any atom is 0.198 e. The monoisotopic (exact) mass is 408 g/mol. The van der Waals surface area contributed by atoms with Crippen LogP contribution in [-0.2, 0) is 0 Å². The molecule has 6 heteroatoms. The van der Waals surface area contributed by atoms with Gasteiger partial charge in [-0.2, -0.15) is 0 Å². The number of rotatable bonds is 8. The number of carbonyl (C=O) groups excluding carboxylic acids is 1. The number of nitrogens with zero attached hydrogens (tertiary/aromatic N) is 2. The molecule has 0 spiro atoms. The summed E-state index contributed by atoms with van der Waals surface area (Å²) in [6.07, 6.45) is 1.85. The Morgan fingerprint density at radius 3 is 2.63 bits per heavy atom. The molecule has 1 aliphatic heterocycles. The highest BCUT2D eigenvalue weighted by atomic mass is 16.5. The Hall–Kier alpha value is -2.70. The number of hydrogen-bond acceptors (Lipinski definition) is 6. The fourth-order valence-corrected chi connectivity index (χ4v) is 3.91. The molecule has 0 aliphatic carbocycles. The molecule has 1 aromatic heterocycles. The van der Waals surface area contributed by atoms with Gasteiger partial charge >= 0.3 is 0 Å². The molecule has 1 atom stereocenters. The molecule has 1 fully saturated rings. The second kappa shape index (κ2) is 9.41. The minimum Gasteiger partial charge on any atom is -0.491 e. The summed E-state index contributed by atoms with van der Waals surface area (Å²) >= 11 is 0. The lowest BCUT2D eigenvalue weighted by Crippen LogP contribution is -2.40. The molecule has 6 nitrogen and oxygen atoms in total. The Kier molecular flexibility index (Phi) is 6.45. The number of hydrogen-bond donors (Lipinski definition) is 1. The van der Waals surface area contributed by atoms with E-state index in [4.69, 9.17) is 9.15 Å². The van der Waals surface area contributed by atoms with Gasteiger partial charge in [0.15, 0.2) is 17.3 Å². The van der Waals surface area contributed by atoms with Crippen molar-refractivity contribution in [3.63, 3.8) is 0 Å². The van der Waals surface area contributed by atoms with E-state index in [1.54, 1.807) is 24.3 Å². The van der Waals surface area contributed by atoms with E-state index in [-0.39, 0.29) is 12.4 Å². The molecule has 1 aliphatic rings. The topological polar surface area (TPSA) is 75.8 Å². The number of aliphatic hydroxyl groups is 1. The smallest absolute Gasteiger partial charge is 0.198 e. The lowest BCUT2D eigenvalue weighted by atomic mass is 9.96. The third-order valence-corrected chi connectivity index (χ3v) is 5.66. The second-order valence-electron chi connectivity index (χ2n) is 7.86. The fraction of sp³-hybridized carbons (Fsp3) is 0.417. The first-order chi connectivity index (χ1) is 14.6. The highest BCUT2D eigenvalue weighted by Gasteiger charge is 2.25. The van der Waals surface area contributed by atoms with Crippen LogP contribution in [0, 0.1) is 0 Å². The number of ether oxygens (including phenoxy) is 1. The number of fused-ring (bicyclic) bond motifs is 1. The van der Waals surface area contributed by atoms with Crippen molar-refractivity contribution in [2.75, 3.05) is 26.2 Å². The highest BCUT2D eigenvalue weighted by molar-refractivity contribution is 5.95. The fourth-order valence-electron chi connectivity index (χ4n) is 3.91. The Morgan fingerprint density at radius 1 is 1.20 bits per heavy atom. The molecule has 2 aromatic carbocycles. The molecule has 2 heterocycles. The number of Topliss-reactive ketones (excluding diaryl/α,β-unsaturated/α-hetero) is 1. The summed E-state index contributed by atoms with van der Waals surface area (Å²) in [7, 11) is 0. The quantitative estimate of drug-likeness (QED) is 0.567. The number of para-hydroxylation sites is 2. The molecule has 0 saturated carbocycles. The van der Waals surface area contributed by atoms with Gasteiger partial charge in [0.25, 0.3) is 0 Å². The number of aromatic nitrogens is 1. The SMILES string of the molecule is CCC(=O)c1ccc(OCC(O)CN2CCC(c3nc4ccccc4o3)CC2)cc1. The number of piperidine rings is 1. The van der Waals surface area contributed by atoms with Crippen LogP contribution in [0.4, 0.5) is 0 Å². The van der Waals surface area contributed by atoms with Gasteiger partial charge in [0.05, 0.1) is 0 Å². The summed E-state index contributed by atoms with van der Waals surface area (Å²) in [5.74, 6) is 1.93. The zero-order valence-corrected chi connectivity index (χ0v) is 17.3. The Labute approximate surface area is 176 Å². The van der Waals surface area contributed by atoms with Gasteiger partial charge in [-0.1, -0.05) is 19.1 Å². The predicted molar refractivity (Wildman–Crippen MR) is 115 cm³/mol. The van der Waals surface area contributed by atoms with E-state index < -0.39 is 6.10 Å². The number of likely N-dealkylation sites (tertiary alicyclic amines) is 1. The molecule has 1 saturated heterocycles.